The summed E-state index contributed by atoms with van der Waals surface area (Å²) in [7, 11) is 0. The third-order valence-corrected chi connectivity index (χ3v) is 6.89. The summed E-state index contributed by atoms with van der Waals surface area (Å²) in [5.41, 5.74) is 0. The molecule has 0 amide bonds. The lowest BCUT2D eigenvalue weighted by Crippen LogP contribution is -2.22. The Morgan fingerprint density at radius 2 is 1.22 bits per heavy atom. The van der Waals surface area contributed by atoms with E-state index in [0.29, 0.717) is 0 Å². The highest BCUT2D eigenvalue weighted by Gasteiger charge is 2.24. The van der Waals surface area contributed by atoms with Gasteiger partial charge in [0.15, 0.2) is 0 Å². The van der Waals surface area contributed by atoms with Crippen molar-refractivity contribution in [2.75, 3.05) is 0 Å². The van der Waals surface area contributed by atoms with Crippen LogP contribution < -0.4 is 0 Å². The molecule has 0 aliphatic heterocycles. The second kappa shape index (κ2) is 19.1. The molecule has 0 fully saturated rings. The Balaban J connectivity index is 4.18. The van der Waals surface area contributed by atoms with Crippen molar-refractivity contribution in [3.8, 4) is 0 Å². The molecule has 0 nitrogen and oxygen atoms in total. The summed E-state index contributed by atoms with van der Waals surface area (Å²) in [4.78, 5) is 0. The summed E-state index contributed by atoms with van der Waals surface area (Å²) in [6.07, 6.45) is 24.7. The average molecular weight is 379 g/mol. The zero-order valence-corrected chi connectivity index (χ0v) is 19.9. The van der Waals surface area contributed by atoms with Gasteiger partial charge in [0.2, 0.25) is 0 Å². The Kier molecular flexibility index (Phi) is 18.9. The number of hydrogen-bond acceptors (Lipinski definition) is 0. The molecule has 4 atom stereocenters. The highest BCUT2D eigenvalue weighted by atomic mass is 14.3. The predicted molar refractivity (Wildman–Crippen MR) is 126 cm³/mol. The van der Waals surface area contributed by atoms with E-state index in [2.05, 4.69) is 47.3 Å². The first kappa shape index (κ1) is 26.7. The first-order chi connectivity index (χ1) is 13.1. The van der Waals surface area contributed by atoms with Crippen molar-refractivity contribution in [2.45, 2.75) is 137 Å². The van der Waals surface area contributed by atoms with Crippen LogP contribution in [0.1, 0.15) is 137 Å². The molecular weight excluding hydrogens is 324 g/mol. The maximum atomic E-state index is 3.87. The van der Waals surface area contributed by atoms with E-state index in [1.165, 1.54) is 103 Å². The highest BCUT2D eigenvalue weighted by molar-refractivity contribution is 4.75. The van der Waals surface area contributed by atoms with Crippen molar-refractivity contribution in [1.82, 2.24) is 0 Å². The van der Waals surface area contributed by atoms with Crippen LogP contribution in [-0.2, 0) is 0 Å². The molecule has 0 heteroatoms. The first-order valence-electron chi connectivity index (χ1n) is 12.7. The van der Waals surface area contributed by atoms with E-state index in [1.54, 1.807) is 0 Å². The molecule has 0 saturated heterocycles. The van der Waals surface area contributed by atoms with Crippen LogP contribution >= 0.6 is 0 Å². The summed E-state index contributed by atoms with van der Waals surface area (Å²) in [6.45, 7) is 16.1. The molecule has 0 aromatic carbocycles. The third-order valence-electron chi connectivity index (χ3n) is 6.89. The van der Waals surface area contributed by atoms with Crippen LogP contribution in [0.2, 0.25) is 0 Å². The molecule has 0 spiro atoms. The summed E-state index contributed by atoms with van der Waals surface area (Å²) in [6, 6.07) is 0. The molecule has 0 saturated carbocycles. The minimum atomic E-state index is 0.888. The molecular formula is C27H54. The van der Waals surface area contributed by atoms with E-state index in [4.69, 9.17) is 0 Å². The Hall–Kier alpha value is -0.260. The van der Waals surface area contributed by atoms with Crippen LogP contribution in [0.25, 0.3) is 0 Å². The fraction of sp³-hybridized carbons (Fsp3) is 0.926. The topological polar surface area (TPSA) is 0 Å². The van der Waals surface area contributed by atoms with Crippen molar-refractivity contribution in [2.24, 2.45) is 23.7 Å². The SMILES string of the molecule is C=CCCCCC(C)C(CCCCCCCCCCC)C(C)CC(C)CC. The second-order valence-corrected chi connectivity index (χ2v) is 9.56. The minimum absolute atomic E-state index is 0.888. The van der Waals surface area contributed by atoms with Gasteiger partial charge in [-0.05, 0) is 49.4 Å². The molecule has 0 radical (unpaired) electrons. The number of unbranched alkanes of at least 4 members (excludes halogenated alkanes) is 10. The van der Waals surface area contributed by atoms with Crippen LogP contribution in [0, 0.1) is 23.7 Å². The third kappa shape index (κ3) is 15.4. The highest BCUT2D eigenvalue weighted by Crippen LogP contribution is 2.34. The average Bonchev–Trinajstić information content (AvgIpc) is 2.66. The molecule has 0 rings (SSSR count). The number of allylic oxidation sites excluding steroid dienone is 1. The molecule has 4 unspecified atom stereocenters. The molecule has 0 aliphatic carbocycles. The van der Waals surface area contributed by atoms with Crippen molar-refractivity contribution in [3.63, 3.8) is 0 Å². The Bertz CT molecular complexity index is 305. The number of rotatable bonds is 20. The van der Waals surface area contributed by atoms with Gasteiger partial charge in [-0.15, -0.1) is 6.58 Å². The zero-order valence-electron chi connectivity index (χ0n) is 19.9. The molecule has 0 bridgehead atoms. The van der Waals surface area contributed by atoms with Gasteiger partial charge >= 0.3 is 0 Å². The van der Waals surface area contributed by atoms with Gasteiger partial charge in [-0.25, -0.2) is 0 Å². The largest absolute Gasteiger partial charge is 0.103 e. The van der Waals surface area contributed by atoms with Crippen LogP contribution in [0.15, 0.2) is 12.7 Å². The first-order valence-corrected chi connectivity index (χ1v) is 12.7. The van der Waals surface area contributed by atoms with Crippen LogP contribution in [0.3, 0.4) is 0 Å². The van der Waals surface area contributed by atoms with Crippen LogP contribution in [0.4, 0.5) is 0 Å². The van der Waals surface area contributed by atoms with Crippen LogP contribution in [-0.4, -0.2) is 0 Å². The van der Waals surface area contributed by atoms with Gasteiger partial charge in [0.25, 0.3) is 0 Å². The van der Waals surface area contributed by atoms with Gasteiger partial charge in [0.05, 0.1) is 0 Å². The summed E-state index contributed by atoms with van der Waals surface area (Å²) < 4.78 is 0. The summed E-state index contributed by atoms with van der Waals surface area (Å²) in [5, 5.41) is 0. The molecule has 0 aromatic heterocycles. The smallest absolute Gasteiger partial charge is 0.0353 e. The van der Waals surface area contributed by atoms with Crippen molar-refractivity contribution < 1.29 is 0 Å². The van der Waals surface area contributed by atoms with E-state index in [0.717, 1.165) is 23.7 Å². The fourth-order valence-electron chi connectivity index (χ4n) is 4.77. The van der Waals surface area contributed by atoms with Gasteiger partial charge in [-0.2, -0.15) is 0 Å². The summed E-state index contributed by atoms with van der Waals surface area (Å²) in [5.74, 6) is 3.61. The molecule has 0 aliphatic rings. The maximum Gasteiger partial charge on any atom is -0.0353 e. The van der Waals surface area contributed by atoms with Gasteiger partial charge in [-0.3, -0.25) is 0 Å². The lowest BCUT2D eigenvalue weighted by atomic mass is 9.74. The zero-order chi connectivity index (χ0) is 20.3. The van der Waals surface area contributed by atoms with E-state index in [9.17, 15) is 0 Å². The van der Waals surface area contributed by atoms with Gasteiger partial charge in [0, 0.05) is 0 Å². The van der Waals surface area contributed by atoms with Crippen LogP contribution in [0.5, 0.6) is 0 Å². The van der Waals surface area contributed by atoms with E-state index < -0.39 is 0 Å². The number of hydrogen-bond donors (Lipinski definition) is 0. The van der Waals surface area contributed by atoms with Gasteiger partial charge in [-0.1, -0.05) is 118 Å². The summed E-state index contributed by atoms with van der Waals surface area (Å²) >= 11 is 0. The van der Waals surface area contributed by atoms with E-state index >= 15 is 0 Å². The maximum absolute atomic E-state index is 3.87. The molecule has 27 heavy (non-hydrogen) atoms. The Morgan fingerprint density at radius 1 is 0.667 bits per heavy atom. The normalized spacial score (nSPS) is 16.0. The molecule has 0 heterocycles. The van der Waals surface area contributed by atoms with Crippen molar-refractivity contribution in [3.05, 3.63) is 12.7 Å². The molecule has 162 valence electrons. The van der Waals surface area contributed by atoms with Gasteiger partial charge < -0.3 is 0 Å². The van der Waals surface area contributed by atoms with E-state index in [-0.39, 0.29) is 0 Å². The lowest BCUT2D eigenvalue weighted by molar-refractivity contribution is 0.190. The lowest BCUT2D eigenvalue weighted by Gasteiger charge is -2.31. The van der Waals surface area contributed by atoms with E-state index in [1.807, 2.05) is 0 Å². The Morgan fingerprint density at radius 3 is 1.78 bits per heavy atom. The monoisotopic (exact) mass is 378 g/mol. The second-order valence-electron chi connectivity index (χ2n) is 9.56. The molecule has 0 aromatic rings. The van der Waals surface area contributed by atoms with Gasteiger partial charge in [0.1, 0.15) is 0 Å². The fourth-order valence-corrected chi connectivity index (χ4v) is 4.77. The van der Waals surface area contributed by atoms with Crippen molar-refractivity contribution >= 4 is 0 Å². The van der Waals surface area contributed by atoms with Crippen molar-refractivity contribution in [1.29, 1.82) is 0 Å². The quantitative estimate of drug-likeness (QED) is 0.146. The predicted octanol–water partition coefficient (Wildman–Crippen LogP) is 9.98. The Labute approximate surface area is 174 Å². The molecule has 0 N–H and O–H groups in total. The standard InChI is InChI=1S/C27H54/c1-7-10-12-14-15-16-17-18-20-22-27(26(6)23-24(4)9-3)25(5)21-19-13-11-8-2/h8,24-27H,2,7,9-23H2,1,3-6H3. The minimum Gasteiger partial charge on any atom is -0.103 e.